The maximum absolute atomic E-state index is 12.0. The maximum atomic E-state index is 12.0. The molecule has 0 radical (unpaired) electrons. The van der Waals surface area contributed by atoms with E-state index < -0.39 is 0 Å². The van der Waals surface area contributed by atoms with Crippen LogP contribution in [0.15, 0.2) is 16.3 Å². The van der Waals surface area contributed by atoms with Gasteiger partial charge in [0, 0.05) is 18.6 Å². The van der Waals surface area contributed by atoms with Crippen LogP contribution >= 0.6 is 22.9 Å². The standard InChI is InChI=1S/C11H12N6O3S2/c1-3-19-8-7(6-20-10-12-4-5-21-10)9(22-13-8)17-11(18)16(2)14-15-17/h4-5H,3,6H2,1-2H3/i4T. The van der Waals surface area contributed by atoms with E-state index in [1.807, 2.05) is 6.92 Å². The molecule has 9 nitrogen and oxygen atoms in total. The van der Waals surface area contributed by atoms with Crippen LogP contribution in [0.3, 0.4) is 0 Å². The second kappa shape index (κ2) is 6.23. The second-order valence-electron chi connectivity index (χ2n) is 4.03. The highest BCUT2D eigenvalue weighted by Gasteiger charge is 2.21. The van der Waals surface area contributed by atoms with Gasteiger partial charge < -0.3 is 9.47 Å². The van der Waals surface area contributed by atoms with Gasteiger partial charge in [0.1, 0.15) is 6.61 Å². The van der Waals surface area contributed by atoms with Crippen LogP contribution in [-0.4, -0.2) is 35.8 Å². The average molecular weight is 342 g/mol. The van der Waals surface area contributed by atoms with Gasteiger partial charge in [-0.15, -0.1) is 4.68 Å². The van der Waals surface area contributed by atoms with Crippen molar-refractivity contribution in [3.05, 3.63) is 27.6 Å². The molecule has 3 aromatic rings. The number of ether oxygens (including phenoxy) is 2. The van der Waals surface area contributed by atoms with Gasteiger partial charge in [-0.25, -0.2) is 9.78 Å². The molecule has 0 saturated carbocycles. The van der Waals surface area contributed by atoms with E-state index in [0.717, 1.165) is 20.9 Å². The third-order valence-corrected chi connectivity index (χ3v) is 4.12. The zero-order valence-electron chi connectivity index (χ0n) is 12.7. The lowest BCUT2D eigenvalue weighted by Crippen LogP contribution is -2.22. The first-order valence-corrected chi connectivity index (χ1v) is 7.91. The lowest BCUT2D eigenvalue weighted by atomic mass is 10.3. The molecule has 0 saturated heterocycles. The molecule has 22 heavy (non-hydrogen) atoms. The van der Waals surface area contributed by atoms with Gasteiger partial charge >= 0.3 is 5.69 Å². The van der Waals surface area contributed by atoms with Gasteiger partial charge in [0.15, 0.2) is 5.00 Å². The monoisotopic (exact) mass is 342 g/mol. The molecule has 11 heteroatoms. The summed E-state index contributed by atoms with van der Waals surface area (Å²) in [6, 6.07) is 0. The first-order chi connectivity index (χ1) is 11.1. The number of hydrogen-bond donors (Lipinski definition) is 0. The van der Waals surface area contributed by atoms with Crippen molar-refractivity contribution in [2.24, 2.45) is 7.05 Å². The van der Waals surface area contributed by atoms with E-state index in [0.29, 0.717) is 28.2 Å². The van der Waals surface area contributed by atoms with Gasteiger partial charge in [-0.1, -0.05) is 11.3 Å². The molecule has 0 amide bonds. The molecular formula is C11H12N6O3S2. The van der Waals surface area contributed by atoms with Crippen LogP contribution in [-0.2, 0) is 13.7 Å². The van der Waals surface area contributed by atoms with Crippen molar-refractivity contribution >= 4 is 22.9 Å². The van der Waals surface area contributed by atoms with Crippen molar-refractivity contribution in [3.63, 3.8) is 0 Å². The summed E-state index contributed by atoms with van der Waals surface area (Å²) in [5.74, 6) is 0.382. The van der Waals surface area contributed by atoms with Crippen LogP contribution in [0.4, 0.5) is 0 Å². The number of aryl methyl sites for hydroxylation is 1. The number of aromatic nitrogens is 6. The molecule has 0 fully saturated rings. The van der Waals surface area contributed by atoms with Crippen molar-refractivity contribution in [3.8, 4) is 16.1 Å². The summed E-state index contributed by atoms with van der Waals surface area (Å²) in [6.45, 7) is 2.36. The number of rotatable bonds is 6. The topological polar surface area (TPSA) is 97.0 Å². The lowest BCUT2D eigenvalue weighted by Gasteiger charge is -2.06. The molecule has 0 aromatic carbocycles. The van der Waals surface area contributed by atoms with Gasteiger partial charge in [0.05, 0.1) is 13.5 Å². The van der Waals surface area contributed by atoms with Gasteiger partial charge in [-0.3, -0.25) is 0 Å². The number of nitrogens with zero attached hydrogens (tertiary/aromatic N) is 6. The summed E-state index contributed by atoms with van der Waals surface area (Å²) in [4.78, 5) is 15.9. The highest BCUT2D eigenvalue weighted by atomic mass is 32.1. The number of tetrazole rings is 1. The van der Waals surface area contributed by atoms with Crippen molar-refractivity contribution in [1.82, 2.24) is 29.1 Å². The minimum absolute atomic E-state index is 0.0944. The van der Waals surface area contributed by atoms with Gasteiger partial charge in [-0.2, -0.15) is 9.06 Å². The molecule has 3 heterocycles. The highest BCUT2D eigenvalue weighted by molar-refractivity contribution is 7.11. The zero-order valence-corrected chi connectivity index (χ0v) is 13.3. The summed E-state index contributed by atoms with van der Waals surface area (Å²) in [7, 11) is 1.51. The molecule has 0 bridgehead atoms. The first kappa shape index (κ1) is 13.4. The Morgan fingerprint density at radius 1 is 1.41 bits per heavy atom. The summed E-state index contributed by atoms with van der Waals surface area (Å²) >= 11 is 2.30. The largest absolute Gasteiger partial charge is 0.477 e. The molecule has 0 N–H and O–H groups in total. The van der Waals surface area contributed by atoms with Crippen molar-refractivity contribution in [2.45, 2.75) is 13.5 Å². The van der Waals surface area contributed by atoms with Crippen LogP contribution in [0.1, 0.15) is 13.9 Å². The van der Waals surface area contributed by atoms with E-state index in [9.17, 15) is 4.79 Å². The summed E-state index contributed by atoms with van der Waals surface area (Å²) in [5.41, 5.74) is 0.196. The van der Waals surface area contributed by atoms with E-state index in [1.54, 1.807) is 5.38 Å². The zero-order chi connectivity index (χ0) is 16.4. The van der Waals surface area contributed by atoms with Crippen LogP contribution < -0.4 is 15.2 Å². The molecule has 3 aromatic heterocycles. The third-order valence-electron chi connectivity index (χ3n) is 2.63. The van der Waals surface area contributed by atoms with Gasteiger partial charge in [-0.05, 0) is 28.9 Å². The lowest BCUT2D eigenvalue weighted by molar-refractivity contribution is 0.282. The average Bonchev–Trinajstić information content (AvgIpc) is 3.20. The molecular weight excluding hydrogens is 328 g/mol. The van der Waals surface area contributed by atoms with E-state index in [2.05, 4.69) is 19.8 Å². The molecule has 116 valence electrons. The van der Waals surface area contributed by atoms with Crippen LogP contribution in [0.2, 0.25) is 0 Å². The normalized spacial score (nSPS) is 11.5. The molecule has 0 atom stereocenters. The van der Waals surface area contributed by atoms with Crippen molar-refractivity contribution in [2.75, 3.05) is 6.61 Å². The Morgan fingerprint density at radius 3 is 2.91 bits per heavy atom. The Kier molecular flexibility index (Phi) is 3.80. The van der Waals surface area contributed by atoms with Crippen molar-refractivity contribution in [1.29, 1.82) is 0 Å². The van der Waals surface area contributed by atoms with E-state index in [-0.39, 0.29) is 18.5 Å². The fraction of sp³-hybridized carbons (Fsp3) is 0.364. The van der Waals surface area contributed by atoms with Gasteiger partial charge in [0.25, 0.3) is 5.19 Å². The SMILES string of the molecule is [3H]c1csc(OCc2c(OCC)nsc2-n2nnn(C)c2=O)n1. The highest BCUT2D eigenvalue weighted by Crippen LogP contribution is 2.29. The molecule has 0 aliphatic heterocycles. The molecule has 0 spiro atoms. The van der Waals surface area contributed by atoms with E-state index >= 15 is 0 Å². The fourth-order valence-electron chi connectivity index (χ4n) is 1.65. The minimum atomic E-state index is -0.388. The Balaban J connectivity index is 1.94. The Hall–Kier alpha value is -2.27. The van der Waals surface area contributed by atoms with Crippen LogP contribution in [0.5, 0.6) is 11.1 Å². The second-order valence-corrected chi connectivity index (χ2v) is 5.60. The molecule has 0 unspecified atom stereocenters. The summed E-state index contributed by atoms with van der Waals surface area (Å²) in [6.07, 6.45) is 0.142. The molecule has 0 aliphatic rings. The predicted octanol–water partition coefficient (Wildman–Crippen LogP) is 0.857. The first-order valence-electron chi connectivity index (χ1n) is 6.75. The van der Waals surface area contributed by atoms with Crippen LogP contribution in [0, 0.1) is 0 Å². The van der Waals surface area contributed by atoms with E-state index in [1.165, 1.54) is 18.4 Å². The molecule has 0 aliphatic carbocycles. The molecule has 3 rings (SSSR count). The van der Waals surface area contributed by atoms with Gasteiger partial charge in [0.2, 0.25) is 5.88 Å². The Morgan fingerprint density at radius 2 is 2.27 bits per heavy atom. The van der Waals surface area contributed by atoms with E-state index in [4.69, 9.17) is 10.8 Å². The van der Waals surface area contributed by atoms with Crippen LogP contribution in [0.25, 0.3) is 5.00 Å². The summed E-state index contributed by atoms with van der Waals surface area (Å²) < 4.78 is 24.9. The quantitative estimate of drug-likeness (QED) is 0.655. The number of thiazole rings is 1. The number of hydrogen-bond acceptors (Lipinski definition) is 9. The Labute approximate surface area is 134 Å². The fourth-order valence-corrected chi connectivity index (χ4v) is 2.87. The predicted molar refractivity (Wildman–Crippen MR) is 79.9 cm³/mol. The minimum Gasteiger partial charge on any atom is -0.477 e. The van der Waals surface area contributed by atoms with Crippen molar-refractivity contribution < 1.29 is 10.8 Å². The maximum Gasteiger partial charge on any atom is 0.369 e. The Bertz CT molecular complexity index is 869. The summed E-state index contributed by atoms with van der Waals surface area (Å²) in [5, 5.41) is 9.91. The third kappa shape index (κ3) is 2.72. The smallest absolute Gasteiger partial charge is 0.369 e.